The Bertz CT molecular complexity index is 893. The average molecular weight is 359 g/mol. The third-order valence-corrected chi connectivity index (χ3v) is 3.96. The first-order valence-corrected chi connectivity index (χ1v) is 6.89. The largest absolute Gasteiger partial charge is 0.327 e. The Balaban J connectivity index is 2.44. The molecule has 2 aromatic heterocycles. The van der Waals surface area contributed by atoms with Gasteiger partial charge in [-0.3, -0.25) is 4.57 Å². The summed E-state index contributed by atoms with van der Waals surface area (Å²) >= 11 is 8.29. The van der Waals surface area contributed by atoms with Crippen molar-refractivity contribution in [2.45, 2.75) is 6.92 Å². The maximum absolute atomic E-state index is 14.1. The van der Waals surface area contributed by atoms with Gasteiger partial charge in [0.2, 0.25) is 0 Å². The van der Waals surface area contributed by atoms with Crippen LogP contribution in [0.4, 0.5) is 8.78 Å². The molecule has 20 heavy (non-hydrogen) atoms. The summed E-state index contributed by atoms with van der Waals surface area (Å²) in [5.74, 6) is -1.35. The Morgan fingerprint density at radius 2 is 2.00 bits per heavy atom. The van der Waals surface area contributed by atoms with Crippen LogP contribution in [-0.4, -0.2) is 19.3 Å². The van der Waals surface area contributed by atoms with Crippen LogP contribution in [0.5, 0.6) is 0 Å². The van der Waals surface area contributed by atoms with Crippen molar-refractivity contribution in [3.05, 3.63) is 38.7 Å². The highest BCUT2D eigenvalue weighted by molar-refractivity contribution is 9.10. The number of H-pyrrole nitrogens is 1. The Morgan fingerprint density at radius 1 is 1.30 bits per heavy atom. The second kappa shape index (κ2) is 4.49. The van der Waals surface area contributed by atoms with E-state index < -0.39 is 11.6 Å². The molecule has 0 unspecified atom stereocenters. The van der Waals surface area contributed by atoms with Crippen LogP contribution in [0.2, 0.25) is 0 Å². The number of hydrogen-bond donors (Lipinski definition) is 1. The molecule has 0 saturated carbocycles. The molecule has 1 aromatic carbocycles. The summed E-state index contributed by atoms with van der Waals surface area (Å²) in [6.45, 7) is 1.83. The Labute approximate surface area is 126 Å². The van der Waals surface area contributed by atoms with Crippen LogP contribution in [0.25, 0.3) is 16.9 Å². The van der Waals surface area contributed by atoms with Gasteiger partial charge in [0.05, 0.1) is 15.9 Å². The molecule has 0 atom stereocenters. The number of hydrogen-bond acceptors (Lipinski definition) is 2. The highest BCUT2D eigenvalue weighted by atomic mass is 79.9. The second-order valence-electron chi connectivity index (χ2n) is 4.39. The zero-order valence-corrected chi connectivity index (χ0v) is 12.9. The predicted molar refractivity (Wildman–Crippen MR) is 77.6 cm³/mol. The molecule has 1 N–H and O–H groups in total. The van der Waals surface area contributed by atoms with E-state index in [1.165, 1.54) is 10.6 Å². The lowest BCUT2D eigenvalue weighted by molar-refractivity contribution is 0.573. The number of benzene rings is 1. The van der Waals surface area contributed by atoms with Crippen molar-refractivity contribution in [3.63, 3.8) is 0 Å². The molecule has 0 aliphatic carbocycles. The lowest BCUT2D eigenvalue weighted by atomic mass is 10.3. The van der Waals surface area contributed by atoms with Gasteiger partial charge in [-0.05, 0) is 41.1 Å². The monoisotopic (exact) mass is 358 g/mol. The molecule has 3 rings (SSSR count). The fourth-order valence-electron chi connectivity index (χ4n) is 2.21. The maximum atomic E-state index is 14.1. The topological polar surface area (TPSA) is 38.5 Å². The van der Waals surface area contributed by atoms with E-state index in [0.29, 0.717) is 10.4 Å². The third kappa shape index (κ3) is 1.82. The van der Waals surface area contributed by atoms with Crippen LogP contribution in [0.15, 0.2) is 16.6 Å². The molecule has 0 saturated heterocycles. The van der Waals surface area contributed by atoms with Crippen LogP contribution in [0.3, 0.4) is 0 Å². The van der Waals surface area contributed by atoms with Crippen LogP contribution < -0.4 is 0 Å². The maximum Gasteiger partial charge on any atom is 0.184 e. The number of aromatic amines is 1. The standard InChI is InChI=1S/C12H9BrF2N4S/c1-5-10-11(18(2)17-5)19(12(20)16-10)9-3-6(13)7(14)4-8(9)15/h3-4H,1-2H3,(H,16,20). The van der Waals surface area contributed by atoms with Gasteiger partial charge in [0.25, 0.3) is 0 Å². The first-order chi connectivity index (χ1) is 9.40. The first-order valence-electron chi connectivity index (χ1n) is 5.69. The van der Waals surface area contributed by atoms with Crippen molar-refractivity contribution in [2.24, 2.45) is 7.05 Å². The highest BCUT2D eigenvalue weighted by Gasteiger charge is 2.18. The zero-order chi connectivity index (χ0) is 14.6. The average Bonchev–Trinajstić information content (AvgIpc) is 2.83. The van der Waals surface area contributed by atoms with E-state index in [1.807, 2.05) is 6.92 Å². The van der Waals surface area contributed by atoms with Crippen LogP contribution in [-0.2, 0) is 7.05 Å². The number of imidazole rings is 1. The fraction of sp³-hybridized carbons (Fsp3) is 0.167. The smallest absolute Gasteiger partial charge is 0.184 e. The van der Waals surface area contributed by atoms with Crippen molar-refractivity contribution in [2.75, 3.05) is 0 Å². The number of halogens is 3. The number of fused-ring (bicyclic) bond motifs is 1. The summed E-state index contributed by atoms with van der Waals surface area (Å²) in [5.41, 5.74) is 2.29. The molecule has 0 amide bonds. The van der Waals surface area contributed by atoms with E-state index in [4.69, 9.17) is 12.2 Å². The lowest BCUT2D eigenvalue weighted by Crippen LogP contribution is -2.03. The van der Waals surface area contributed by atoms with Crippen molar-refractivity contribution in [1.29, 1.82) is 0 Å². The quantitative estimate of drug-likeness (QED) is 0.531. The Hall–Kier alpha value is -1.54. The minimum absolute atomic E-state index is 0.164. The van der Waals surface area contributed by atoms with E-state index in [9.17, 15) is 8.78 Å². The first kappa shape index (κ1) is 13.4. The SMILES string of the molecule is Cc1nn(C)c2c1[nH]c(=S)n2-c1cc(Br)c(F)cc1F. The van der Waals surface area contributed by atoms with E-state index in [2.05, 4.69) is 26.0 Å². The minimum Gasteiger partial charge on any atom is -0.327 e. The molecule has 0 fully saturated rings. The van der Waals surface area contributed by atoms with E-state index in [-0.39, 0.29) is 10.2 Å². The summed E-state index contributed by atoms with van der Waals surface area (Å²) < 4.78 is 31.0. The molecule has 3 aromatic rings. The van der Waals surface area contributed by atoms with E-state index in [1.54, 1.807) is 11.7 Å². The zero-order valence-electron chi connectivity index (χ0n) is 10.5. The molecule has 2 heterocycles. The number of aromatic nitrogens is 4. The summed E-state index contributed by atoms with van der Waals surface area (Å²) in [7, 11) is 1.74. The summed E-state index contributed by atoms with van der Waals surface area (Å²) in [6.07, 6.45) is 0. The molecule has 8 heteroatoms. The number of nitrogens with one attached hydrogen (secondary N) is 1. The molecule has 0 radical (unpaired) electrons. The molecule has 0 aliphatic heterocycles. The Morgan fingerprint density at radius 3 is 2.70 bits per heavy atom. The van der Waals surface area contributed by atoms with Crippen molar-refractivity contribution >= 4 is 39.3 Å². The predicted octanol–water partition coefficient (Wildman–Crippen LogP) is 3.77. The van der Waals surface area contributed by atoms with Gasteiger partial charge in [0, 0.05) is 13.1 Å². The van der Waals surface area contributed by atoms with Gasteiger partial charge in [-0.15, -0.1) is 0 Å². The molecule has 0 aliphatic rings. The molecule has 0 bridgehead atoms. The summed E-state index contributed by atoms with van der Waals surface area (Å²) in [6, 6.07) is 2.18. The molecule has 104 valence electrons. The highest BCUT2D eigenvalue weighted by Crippen LogP contribution is 2.27. The number of rotatable bonds is 1. The van der Waals surface area contributed by atoms with E-state index >= 15 is 0 Å². The van der Waals surface area contributed by atoms with Gasteiger partial charge >= 0.3 is 0 Å². The second-order valence-corrected chi connectivity index (χ2v) is 5.63. The summed E-state index contributed by atoms with van der Waals surface area (Å²) in [5, 5.41) is 4.26. The minimum atomic E-state index is -0.693. The van der Waals surface area contributed by atoms with Gasteiger partial charge in [-0.2, -0.15) is 5.10 Å². The normalized spacial score (nSPS) is 11.4. The van der Waals surface area contributed by atoms with Gasteiger partial charge < -0.3 is 4.98 Å². The molecular formula is C12H9BrF2N4S. The lowest BCUT2D eigenvalue weighted by Gasteiger charge is -2.07. The van der Waals surface area contributed by atoms with Crippen LogP contribution in [0.1, 0.15) is 5.69 Å². The summed E-state index contributed by atoms with van der Waals surface area (Å²) in [4.78, 5) is 2.99. The van der Waals surface area contributed by atoms with Gasteiger partial charge in [0.15, 0.2) is 10.4 Å². The Kier molecular flexibility index (Phi) is 3.02. The van der Waals surface area contributed by atoms with E-state index in [0.717, 1.165) is 17.3 Å². The third-order valence-electron chi connectivity index (χ3n) is 3.07. The van der Waals surface area contributed by atoms with Gasteiger partial charge in [-0.25, -0.2) is 13.5 Å². The van der Waals surface area contributed by atoms with Crippen LogP contribution >= 0.6 is 28.1 Å². The number of aryl methyl sites for hydroxylation is 2. The van der Waals surface area contributed by atoms with Crippen LogP contribution in [0, 0.1) is 23.3 Å². The van der Waals surface area contributed by atoms with Crippen molar-refractivity contribution in [3.8, 4) is 5.69 Å². The van der Waals surface area contributed by atoms with Crippen molar-refractivity contribution < 1.29 is 8.78 Å². The van der Waals surface area contributed by atoms with Gasteiger partial charge in [-0.1, -0.05) is 0 Å². The molecule has 4 nitrogen and oxygen atoms in total. The molecule has 0 spiro atoms. The number of nitrogens with zero attached hydrogens (tertiary/aromatic N) is 3. The van der Waals surface area contributed by atoms with Gasteiger partial charge in [0.1, 0.15) is 17.2 Å². The fourth-order valence-corrected chi connectivity index (χ4v) is 2.83. The molecular weight excluding hydrogens is 350 g/mol. The van der Waals surface area contributed by atoms with Crippen molar-refractivity contribution in [1.82, 2.24) is 19.3 Å².